The Labute approximate surface area is 183 Å². The molecule has 1 saturated heterocycles. The molecule has 0 spiro atoms. The van der Waals surface area contributed by atoms with Crippen molar-refractivity contribution < 1.29 is 4.79 Å². The highest BCUT2D eigenvalue weighted by molar-refractivity contribution is 8.03. The summed E-state index contributed by atoms with van der Waals surface area (Å²) in [6.45, 7) is 20.8. The second-order valence-electron chi connectivity index (χ2n) is 8.43. The third kappa shape index (κ3) is 9.22. The van der Waals surface area contributed by atoms with Crippen molar-refractivity contribution in [3.05, 3.63) is 58.7 Å². The van der Waals surface area contributed by atoms with Gasteiger partial charge in [0, 0.05) is 29.4 Å². The fourth-order valence-corrected chi connectivity index (χ4v) is 4.09. The summed E-state index contributed by atoms with van der Waals surface area (Å²) >= 11 is 1.79. The fraction of sp³-hybridized carbons (Fsp3) is 0.560. The van der Waals surface area contributed by atoms with Gasteiger partial charge in [-0.25, -0.2) is 5.01 Å². The number of allylic oxidation sites excluding steroid dienone is 7. The number of hydrazine groups is 1. The number of nitrogens with zero attached hydrogens (tertiary/aromatic N) is 1. The highest BCUT2D eigenvalue weighted by Crippen LogP contribution is 2.30. The summed E-state index contributed by atoms with van der Waals surface area (Å²) in [6.07, 6.45) is 12.8. The zero-order chi connectivity index (χ0) is 22.0. The number of hydrogen-bond donors (Lipinski definition) is 1. The van der Waals surface area contributed by atoms with Gasteiger partial charge in [-0.2, -0.15) is 0 Å². The monoisotopic (exact) mass is 416 g/mol. The zero-order valence-corrected chi connectivity index (χ0v) is 20.3. The molecule has 1 aliphatic heterocycles. The van der Waals surface area contributed by atoms with Gasteiger partial charge in [-0.15, -0.1) is 11.8 Å². The van der Waals surface area contributed by atoms with Crippen LogP contribution >= 0.6 is 11.8 Å². The van der Waals surface area contributed by atoms with Crippen molar-refractivity contribution >= 4 is 17.5 Å². The topological polar surface area (TPSA) is 32.3 Å². The lowest BCUT2D eigenvalue weighted by molar-refractivity contribution is -0.112. The lowest BCUT2D eigenvalue weighted by Gasteiger charge is -2.37. The molecule has 2 aliphatic rings. The lowest BCUT2D eigenvalue weighted by atomic mass is 9.83. The number of nitrogens with one attached hydrogen (secondary N) is 1. The van der Waals surface area contributed by atoms with E-state index >= 15 is 0 Å². The van der Waals surface area contributed by atoms with Gasteiger partial charge in [0.25, 0.3) is 0 Å². The molecule has 162 valence electrons. The molecule has 29 heavy (non-hydrogen) atoms. The Hall–Kier alpha value is -1.52. The van der Waals surface area contributed by atoms with Crippen LogP contribution in [0.2, 0.25) is 0 Å². The van der Waals surface area contributed by atoms with Crippen molar-refractivity contribution in [3.8, 4) is 0 Å². The van der Waals surface area contributed by atoms with E-state index in [2.05, 4.69) is 62.1 Å². The van der Waals surface area contributed by atoms with Crippen molar-refractivity contribution in [1.82, 2.24) is 10.4 Å². The van der Waals surface area contributed by atoms with Crippen LogP contribution in [0, 0.1) is 11.3 Å². The van der Waals surface area contributed by atoms with Crippen LogP contribution in [0.3, 0.4) is 0 Å². The molecule has 0 amide bonds. The highest BCUT2D eigenvalue weighted by Gasteiger charge is 2.25. The molecule has 1 atom stereocenters. The standard InChI is InChI=1S/C23H34N2OS.C2H6/c1-17-7-8-21(9-10-22(17)18(2)15-20(4)26)27-16-19(3)24-25-13-11-23(5,6)12-14-25;1-2/h7-10,15,17,24H,3,11-14,16H2,1-2,4-6H3;1-2H3/b18-15-;. The second kappa shape index (κ2) is 12.2. The molecule has 3 nitrogen and oxygen atoms in total. The van der Waals surface area contributed by atoms with Crippen LogP contribution in [0.15, 0.2) is 58.7 Å². The Kier molecular flexibility index (Phi) is 10.8. The van der Waals surface area contributed by atoms with E-state index in [1.54, 1.807) is 24.8 Å². The van der Waals surface area contributed by atoms with Gasteiger partial charge in [0.2, 0.25) is 0 Å². The summed E-state index contributed by atoms with van der Waals surface area (Å²) in [5.41, 5.74) is 7.22. The van der Waals surface area contributed by atoms with Crippen LogP contribution in [-0.2, 0) is 4.79 Å². The number of piperidine rings is 1. The van der Waals surface area contributed by atoms with E-state index in [0.29, 0.717) is 11.3 Å². The van der Waals surface area contributed by atoms with Gasteiger partial charge >= 0.3 is 0 Å². The van der Waals surface area contributed by atoms with Crippen molar-refractivity contribution in [2.75, 3.05) is 18.8 Å². The number of rotatable bonds is 7. The molecule has 0 aromatic heterocycles. The minimum Gasteiger partial charge on any atom is -0.323 e. The molecule has 1 N–H and O–H groups in total. The lowest BCUT2D eigenvalue weighted by Crippen LogP contribution is -2.45. The molecule has 1 unspecified atom stereocenters. The molecular weight excluding hydrogens is 376 g/mol. The maximum atomic E-state index is 11.4. The average molecular weight is 417 g/mol. The predicted molar refractivity (Wildman–Crippen MR) is 130 cm³/mol. The molecular formula is C25H40N2OS. The van der Waals surface area contributed by atoms with Crippen LogP contribution < -0.4 is 5.43 Å². The minimum atomic E-state index is 0.0934. The molecule has 2 rings (SSSR count). The molecule has 1 heterocycles. The highest BCUT2D eigenvalue weighted by atomic mass is 32.2. The number of carbonyl (C=O) groups is 1. The molecule has 0 radical (unpaired) electrons. The summed E-state index contributed by atoms with van der Waals surface area (Å²) in [5, 5.41) is 2.29. The van der Waals surface area contributed by atoms with Crippen molar-refractivity contribution in [2.24, 2.45) is 11.3 Å². The predicted octanol–water partition coefficient (Wildman–Crippen LogP) is 6.44. The van der Waals surface area contributed by atoms with Crippen LogP contribution in [0.5, 0.6) is 0 Å². The number of hydrogen-bond acceptors (Lipinski definition) is 4. The van der Waals surface area contributed by atoms with E-state index in [-0.39, 0.29) is 5.78 Å². The fourth-order valence-electron chi connectivity index (χ4n) is 3.35. The van der Waals surface area contributed by atoms with E-state index in [1.165, 1.54) is 23.3 Å². The van der Waals surface area contributed by atoms with E-state index in [4.69, 9.17) is 0 Å². The number of thioether (sulfide) groups is 1. The van der Waals surface area contributed by atoms with Gasteiger partial charge in [-0.05, 0) is 61.3 Å². The minimum absolute atomic E-state index is 0.0934. The first-order valence-corrected chi connectivity index (χ1v) is 11.8. The molecule has 1 aliphatic carbocycles. The Bertz CT molecular complexity index is 688. The van der Waals surface area contributed by atoms with Gasteiger partial charge in [-0.1, -0.05) is 59.4 Å². The van der Waals surface area contributed by atoms with Crippen molar-refractivity contribution in [1.29, 1.82) is 0 Å². The normalized spacial score (nSPS) is 21.9. The van der Waals surface area contributed by atoms with Gasteiger partial charge in [0.05, 0.1) is 0 Å². The molecule has 4 heteroatoms. The third-order valence-electron chi connectivity index (χ3n) is 5.19. The SMILES string of the molecule is C=C(CSC1=CC=C(/C(C)=C\C(C)=O)C(C)C=C1)NN1CCC(C)(C)CC1.CC. The maximum absolute atomic E-state index is 11.4. The summed E-state index contributed by atoms with van der Waals surface area (Å²) in [4.78, 5) is 12.6. The van der Waals surface area contributed by atoms with E-state index in [0.717, 1.165) is 30.1 Å². The van der Waals surface area contributed by atoms with Crippen LogP contribution in [-0.4, -0.2) is 29.6 Å². The maximum Gasteiger partial charge on any atom is 0.152 e. The van der Waals surface area contributed by atoms with E-state index in [1.807, 2.05) is 20.8 Å². The van der Waals surface area contributed by atoms with Crippen molar-refractivity contribution in [3.63, 3.8) is 0 Å². The first kappa shape index (κ1) is 25.5. The Morgan fingerprint density at radius 2 is 1.90 bits per heavy atom. The van der Waals surface area contributed by atoms with Gasteiger partial charge in [-0.3, -0.25) is 4.79 Å². The molecule has 1 fully saturated rings. The first-order chi connectivity index (χ1) is 13.7. The summed E-state index contributed by atoms with van der Waals surface area (Å²) in [5.74, 6) is 1.24. The Balaban J connectivity index is 0.00000204. The first-order valence-electron chi connectivity index (χ1n) is 10.8. The van der Waals surface area contributed by atoms with E-state index < -0.39 is 0 Å². The van der Waals surface area contributed by atoms with Crippen LogP contribution in [0.4, 0.5) is 0 Å². The zero-order valence-electron chi connectivity index (χ0n) is 19.5. The summed E-state index contributed by atoms with van der Waals surface area (Å²) in [6, 6.07) is 0. The summed E-state index contributed by atoms with van der Waals surface area (Å²) in [7, 11) is 0. The van der Waals surface area contributed by atoms with Gasteiger partial charge < -0.3 is 5.43 Å². The van der Waals surface area contributed by atoms with Crippen LogP contribution in [0.1, 0.15) is 61.3 Å². The molecule has 0 bridgehead atoms. The summed E-state index contributed by atoms with van der Waals surface area (Å²) < 4.78 is 0. The molecule has 0 aromatic carbocycles. The number of carbonyl (C=O) groups excluding carboxylic acids is 1. The van der Waals surface area contributed by atoms with Crippen LogP contribution in [0.25, 0.3) is 0 Å². The quantitative estimate of drug-likeness (QED) is 0.484. The molecule has 0 saturated carbocycles. The van der Waals surface area contributed by atoms with Gasteiger partial charge in [0.15, 0.2) is 5.78 Å². The average Bonchev–Trinajstić information content (AvgIpc) is 2.84. The van der Waals surface area contributed by atoms with E-state index in [9.17, 15) is 4.79 Å². The van der Waals surface area contributed by atoms with Gasteiger partial charge in [0.1, 0.15) is 0 Å². The Morgan fingerprint density at radius 3 is 2.48 bits per heavy atom. The third-order valence-corrected chi connectivity index (χ3v) is 6.29. The number of ketones is 1. The molecule has 0 aromatic rings. The smallest absolute Gasteiger partial charge is 0.152 e. The second-order valence-corrected chi connectivity index (χ2v) is 9.48. The van der Waals surface area contributed by atoms with Crippen molar-refractivity contribution in [2.45, 2.75) is 61.3 Å². The largest absolute Gasteiger partial charge is 0.323 e. The Morgan fingerprint density at radius 1 is 1.28 bits per heavy atom.